The van der Waals surface area contributed by atoms with Gasteiger partial charge in [0.1, 0.15) is 0 Å². The highest BCUT2D eigenvalue weighted by atomic mass is 16.4. The molecule has 1 fully saturated rings. The summed E-state index contributed by atoms with van der Waals surface area (Å²) in [6, 6.07) is 0. The van der Waals surface area contributed by atoms with E-state index in [9.17, 15) is 4.79 Å². The lowest BCUT2D eigenvalue weighted by Gasteiger charge is -2.17. The van der Waals surface area contributed by atoms with E-state index in [1.807, 2.05) is 0 Å². The van der Waals surface area contributed by atoms with Gasteiger partial charge in [0.25, 0.3) is 0 Å². The summed E-state index contributed by atoms with van der Waals surface area (Å²) in [5.74, 6) is -0.189. The van der Waals surface area contributed by atoms with Crippen LogP contribution in [0.15, 0.2) is 0 Å². The van der Waals surface area contributed by atoms with E-state index in [-0.39, 0.29) is 6.42 Å². The number of carbonyl (C=O) groups is 1. The minimum absolute atomic E-state index is 0.0891. The summed E-state index contributed by atoms with van der Waals surface area (Å²) in [5, 5.41) is 13.6. The molecular formula is C14H20N2O2. The van der Waals surface area contributed by atoms with Gasteiger partial charge in [-0.05, 0) is 38.0 Å². The molecule has 0 saturated heterocycles. The minimum Gasteiger partial charge on any atom is -0.481 e. The first-order valence-electron chi connectivity index (χ1n) is 7.06. The number of rotatable bonds is 3. The average Bonchev–Trinajstić information content (AvgIpc) is 2.93. The normalized spacial score (nSPS) is 20.0. The fourth-order valence-electron chi connectivity index (χ4n) is 3.53. The smallest absolute Gasteiger partial charge is 0.309 e. The third-order valence-corrected chi connectivity index (χ3v) is 4.29. The average molecular weight is 248 g/mol. The molecule has 0 atom stereocenters. The molecule has 1 aliphatic heterocycles. The Labute approximate surface area is 107 Å². The molecule has 3 rings (SSSR count). The molecule has 1 aromatic rings. The van der Waals surface area contributed by atoms with Gasteiger partial charge in [-0.3, -0.25) is 9.48 Å². The van der Waals surface area contributed by atoms with Crippen molar-refractivity contribution in [1.82, 2.24) is 9.78 Å². The lowest BCUT2D eigenvalue weighted by Crippen LogP contribution is -2.12. The van der Waals surface area contributed by atoms with Crippen molar-refractivity contribution in [3.05, 3.63) is 17.0 Å². The quantitative estimate of drug-likeness (QED) is 0.894. The second kappa shape index (κ2) is 4.75. The number of hydrogen-bond acceptors (Lipinski definition) is 2. The molecule has 0 bridgehead atoms. The van der Waals surface area contributed by atoms with Crippen molar-refractivity contribution in [1.29, 1.82) is 0 Å². The molecule has 1 aliphatic carbocycles. The van der Waals surface area contributed by atoms with Crippen molar-refractivity contribution in [2.45, 2.75) is 63.8 Å². The Morgan fingerprint density at radius 3 is 2.78 bits per heavy atom. The van der Waals surface area contributed by atoms with Gasteiger partial charge in [0, 0.05) is 17.8 Å². The molecule has 2 aliphatic rings. The Morgan fingerprint density at radius 2 is 2.06 bits per heavy atom. The monoisotopic (exact) mass is 248 g/mol. The highest BCUT2D eigenvalue weighted by Crippen LogP contribution is 2.39. The van der Waals surface area contributed by atoms with Crippen LogP contribution in [0.1, 0.15) is 61.4 Å². The van der Waals surface area contributed by atoms with Gasteiger partial charge in [-0.2, -0.15) is 5.10 Å². The van der Waals surface area contributed by atoms with E-state index in [0.717, 1.165) is 18.7 Å². The maximum Gasteiger partial charge on any atom is 0.309 e. The summed E-state index contributed by atoms with van der Waals surface area (Å²) in [6.07, 6.45) is 8.55. The van der Waals surface area contributed by atoms with Crippen LogP contribution in [0, 0.1) is 0 Å². The molecule has 4 heteroatoms. The molecule has 1 saturated carbocycles. The number of nitrogens with zero attached hydrogens (tertiary/aromatic N) is 2. The van der Waals surface area contributed by atoms with Crippen LogP contribution < -0.4 is 0 Å². The summed E-state index contributed by atoms with van der Waals surface area (Å²) < 4.78 is 2.08. The summed E-state index contributed by atoms with van der Waals surface area (Å²) in [5.41, 5.74) is 3.48. The van der Waals surface area contributed by atoms with E-state index >= 15 is 0 Å². The molecule has 1 aromatic heterocycles. The minimum atomic E-state index is -0.760. The molecule has 0 spiro atoms. The summed E-state index contributed by atoms with van der Waals surface area (Å²) in [7, 11) is 0. The van der Waals surface area contributed by atoms with Gasteiger partial charge >= 0.3 is 5.97 Å². The van der Waals surface area contributed by atoms with Crippen molar-refractivity contribution in [3.8, 4) is 0 Å². The van der Waals surface area contributed by atoms with Crippen LogP contribution in [0.4, 0.5) is 0 Å². The summed E-state index contributed by atoms with van der Waals surface area (Å²) in [4.78, 5) is 11.0. The van der Waals surface area contributed by atoms with Crippen LogP contribution in [0.25, 0.3) is 0 Å². The number of carboxylic acid groups (broad SMARTS) is 1. The van der Waals surface area contributed by atoms with Gasteiger partial charge in [0.05, 0.1) is 12.1 Å². The van der Waals surface area contributed by atoms with Crippen LogP contribution in [0.3, 0.4) is 0 Å². The van der Waals surface area contributed by atoms with Crippen molar-refractivity contribution in [2.75, 3.05) is 0 Å². The molecule has 0 amide bonds. The van der Waals surface area contributed by atoms with Crippen LogP contribution >= 0.6 is 0 Å². The van der Waals surface area contributed by atoms with E-state index in [1.54, 1.807) is 0 Å². The molecule has 18 heavy (non-hydrogen) atoms. The van der Waals surface area contributed by atoms with Gasteiger partial charge in [0.2, 0.25) is 0 Å². The highest BCUT2D eigenvalue weighted by molar-refractivity contribution is 5.70. The van der Waals surface area contributed by atoms with Gasteiger partial charge in [-0.15, -0.1) is 0 Å². The third-order valence-electron chi connectivity index (χ3n) is 4.29. The molecule has 0 radical (unpaired) electrons. The predicted molar refractivity (Wildman–Crippen MR) is 67.7 cm³/mol. The predicted octanol–water partition coefficient (Wildman–Crippen LogP) is 2.50. The number of carboxylic acids is 1. The third kappa shape index (κ3) is 2.04. The van der Waals surface area contributed by atoms with E-state index in [0.29, 0.717) is 5.92 Å². The zero-order valence-corrected chi connectivity index (χ0v) is 10.7. The Balaban J connectivity index is 2.00. The van der Waals surface area contributed by atoms with E-state index in [1.165, 1.54) is 49.8 Å². The highest BCUT2D eigenvalue weighted by Gasteiger charge is 2.29. The number of fused-ring (bicyclic) bond motifs is 1. The molecule has 2 heterocycles. The Kier molecular flexibility index (Phi) is 3.10. The maximum atomic E-state index is 11.0. The lowest BCUT2D eigenvalue weighted by molar-refractivity contribution is -0.136. The number of aromatic nitrogens is 2. The molecule has 4 nitrogen and oxygen atoms in total. The molecule has 0 aromatic carbocycles. The fraction of sp³-hybridized carbons (Fsp3) is 0.714. The zero-order chi connectivity index (χ0) is 12.5. The fourth-order valence-corrected chi connectivity index (χ4v) is 3.53. The van der Waals surface area contributed by atoms with Crippen LogP contribution in [-0.4, -0.2) is 20.9 Å². The molecular weight excluding hydrogens is 228 g/mol. The Hall–Kier alpha value is -1.32. The first-order valence-corrected chi connectivity index (χ1v) is 7.06. The molecule has 0 unspecified atom stereocenters. The summed E-state index contributed by atoms with van der Waals surface area (Å²) in [6.45, 7) is 0.967. The van der Waals surface area contributed by atoms with Gasteiger partial charge in [-0.1, -0.05) is 12.8 Å². The van der Waals surface area contributed by atoms with Gasteiger partial charge in [0.15, 0.2) is 0 Å². The zero-order valence-electron chi connectivity index (χ0n) is 10.7. The first-order chi connectivity index (χ1) is 8.75. The maximum absolute atomic E-state index is 11.0. The topological polar surface area (TPSA) is 55.1 Å². The second-order valence-electron chi connectivity index (χ2n) is 5.54. The van der Waals surface area contributed by atoms with Crippen LogP contribution in [0.2, 0.25) is 0 Å². The number of aliphatic carboxylic acids is 1. The first kappa shape index (κ1) is 11.8. The van der Waals surface area contributed by atoms with Gasteiger partial charge in [-0.25, -0.2) is 0 Å². The van der Waals surface area contributed by atoms with E-state index in [4.69, 9.17) is 5.11 Å². The lowest BCUT2D eigenvalue weighted by atomic mass is 9.91. The van der Waals surface area contributed by atoms with Crippen molar-refractivity contribution in [3.63, 3.8) is 0 Å². The largest absolute Gasteiger partial charge is 0.481 e. The van der Waals surface area contributed by atoms with E-state index in [2.05, 4.69) is 9.78 Å². The van der Waals surface area contributed by atoms with Crippen molar-refractivity contribution < 1.29 is 9.90 Å². The van der Waals surface area contributed by atoms with Crippen molar-refractivity contribution in [2.24, 2.45) is 0 Å². The van der Waals surface area contributed by atoms with Crippen molar-refractivity contribution >= 4 is 5.97 Å². The summed E-state index contributed by atoms with van der Waals surface area (Å²) >= 11 is 0. The number of aryl methyl sites for hydroxylation is 1. The Morgan fingerprint density at radius 1 is 1.28 bits per heavy atom. The van der Waals surface area contributed by atoms with Crippen LogP contribution in [0.5, 0.6) is 0 Å². The molecule has 1 N–H and O–H groups in total. The van der Waals surface area contributed by atoms with E-state index < -0.39 is 5.97 Å². The molecule has 98 valence electrons. The number of hydrogen-bond donors (Lipinski definition) is 1. The van der Waals surface area contributed by atoms with Gasteiger partial charge < -0.3 is 5.11 Å². The standard InChI is InChI=1S/C14H20N2O2/c17-13(18)9-11-14(10-5-1-2-6-10)12-7-3-4-8-16(12)15-11/h10H,1-9H2,(H,17,18). The SMILES string of the molecule is O=C(O)Cc1nn2c(c1C1CCCC1)CCCC2. The van der Waals surface area contributed by atoms with Crippen LogP contribution in [-0.2, 0) is 24.2 Å². The Bertz CT molecular complexity index is 459. The second-order valence-corrected chi connectivity index (χ2v) is 5.54.